The molecule has 1 aromatic heterocycles. The average molecular weight is 164 g/mol. The van der Waals surface area contributed by atoms with Crippen LogP contribution in [0.2, 0.25) is 0 Å². The predicted molar refractivity (Wildman–Crippen MR) is 52.7 cm³/mol. The third-order valence-electron chi connectivity index (χ3n) is 1.98. The smallest absolute Gasteiger partial charge is 0.0223 e. The molecule has 1 rings (SSSR count). The van der Waals surface area contributed by atoms with Gasteiger partial charge in [-0.2, -0.15) is 0 Å². The Bertz CT molecular complexity index is 271. The first kappa shape index (κ1) is 8.91. The van der Waals surface area contributed by atoms with E-state index in [-0.39, 0.29) is 0 Å². The molecule has 0 radical (unpaired) electrons. The fourth-order valence-corrected chi connectivity index (χ4v) is 1.37. The molecule has 66 valence electrons. The number of nitrogens with two attached hydrogens (primary N) is 1. The van der Waals surface area contributed by atoms with Crippen LogP contribution >= 0.6 is 0 Å². The van der Waals surface area contributed by atoms with E-state index in [2.05, 4.69) is 18.8 Å². The number of aryl methyl sites for hydroxylation is 2. The van der Waals surface area contributed by atoms with E-state index in [0.717, 1.165) is 12.8 Å². The van der Waals surface area contributed by atoms with Crippen molar-refractivity contribution in [2.45, 2.75) is 26.7 Å². The Kier molecular flexibility index (Phi) is 2.97. The molecule has 0 aromatic carbocycles. The van der Waals surface area contributed by atoms with Gasteiger partial charge in [-0.15, -0.1) is 0 Å². The fraction of sp³-hybridized carbons (Fsp3) is 0.400. The molecule has 2 nitrogen and oxygen atoms in total. The van der Waals surface area contributed by atoms with Crippen molar-refractivity contribution in [3.8, 4) is 0 Å². The molecular formula is C10H16N2. The number of nitrogens with one attached hydrogen (secondary N) is 1. The van der Waals surface area contributed by atoms with E-state index in [1.807, 2.05) is 12.3 Å². The lowest BCUT2D eigenvalue weighted by atomic mass is 10.1. The van der Waals surface area contributed by atoms with Gasteiger partial charge in [0.2, 0.25) is 0 Å². The molecule has 3 N–H and O–H groups in total. The fourth-order valence-electron chi connectivity index (χ4n) is 1.37. The summed E-state index contributed by atoms with van der Waals surface area (Å²) in [4.78, 5) is 3.25. The van der Waals surface area contributed by atoms with E-state index in [9.17, 15) is 0 Å². The molecule has 0 aliphatic carbocycles. The van der Waals surface area contributed by atoms with Crippen LogP contribution in [0.25, 0.3) is 6.08 Å². The van der Waals surface area contributed by atoms with Gasteiger partial charge in [-0.3, -0.25) is 0 Å². The summed E-state index contributed by atoms with van der Waals surface area (Å²) in [6.07, 6.45) is 7.82. The third kappa shape index (κ3) is 1.70. The highest BCUT2D eigenvalue weighted by Gasteiger charge is 2.02. The number of rotatable bonds is 3. The van der Waals surface area contributed by atoms with Crippen LogP contribution in [-0.4, -0.2) is 4.98 Å². The molecule has 0 atom stereocenters. The van der Waals surface area contributed by atoms with Crippen LogP contribution in [0.5, 0.6) is 0 Å². The van der Waals surface area contributed by atoms with E-state index in [4.69, 9.17) is 5.73 Å². The van der Waals surface area contributed by atoms with Crippen molar-refractivity contribution < 1.29 is 0 Å². The van der Waals surface area contributed by atoms with Crippen molar-refractivity contribution in [3.63, 3.8) is 0 Å². The zero-order valence-corrected chi connectivity index (χ0v) is 7.72. The van der Waals surface area contributed by atoms with Crippen LogP contribution in [0.1, 0.15) is 30.2 Å². The lowest BCUT2D eigenvalue weighted by molar-refractivity contribution is 0.890. The van der Waals surface area contributed by atoms with Gasteiger partial charge in [-0.1, -0.05) is 13.3 Å². The van der Waals surface area contributed by atoms with Crippen LogP contribution in [0, 0.1) is 6.92 Å². The Morgan fingerprint density at radius 2 is 2.33 bits per heavy atom. The summed E-state index contributed by atoms with van der Waals surface area (Å²) in [5.41, 5.74) is 9.16. The van der Waals surface area contributed by atoms with E-state index in [0.29, 0.717) is 0 Å². The zero-order chi connectivity index (χ0) is 8.97. The summed E-state index contributed by atoms with van der Waals surface area (Å²) in [7, 11) is 0. The molecule has 0 saturated carbocycles. The summed E-state index contributed by atoms with van der Waals surface area (Å²) < 4.78 is 0. The van der Waals surface area contributed by atoms with E-state index < -0.39 is 0 Å². The maximum absolute atomic E-state index is 5.36. The standard InChI is InChI=1S/C10H16N2/c1-3-4-10-9(5-6-11)8(2)7-12-10/h5-7,12H,3-4,11H2,1-2H3/b6-5-. The molecule has 12 heavy (non-hydrogen) atoms. The van der Waals surface area contributed by atoms with Gasteiger partial charge in [0.25, 0.3) is 0 Å². The van der Waals surface area contributed by atoms with Gasteiger partial charge >= 0.3 is 0 Å². The van der Waals surface area contributed by atoms with Crippen molar-refractivity contribution in [1.82, 2.24) is 4.98 Å². The first-order valence-corrected chi connectivity index (χ1v) is 4.34. The highest BCUT2D eigenvalue weighted by molar-refractivity contribution is 5.56. The van der Waals surface area contributed by atoms with Crippen LogP contribution in [0.3, 0.4) is 0 Å². The lowest BCUT2D eigenvalue weighted by Gasteiger charge is -1.97. The monoisotopic (exact) mass is 164 g/mol. The van der Waals surface area contributed by atoms with E-state index in [1.165, 1.54) is 16.8 Å². The second-order valence-corrected chi connectivity index (χ2v) is 2.97. The van der Waals surface area contributed by atoms with E-state index in [1.54, 1.807) is 6.20 Å². The maximum atomic E-state index is 5.36. The number of hydrogen-bond donors (Lipinski definition) is 2. The minimum Gasteiger partial charge on any atom is -0.405 e. The van der Waals surface area contributed by atoms with Crippen LogP contribution in [0.4, 0.5) is 0 Å². The SMILES string of the molecule is CCCc1[nH]cc(C)c1/C=C\N. The second-order valence-electron chi connectivity index (χ2n) is 2.97. The normalized spacial score (nSPS) is 11.2. The second kappa shape index (κ2) is 4.00. The summed E-state index contributed by atoms with van der Waals surface area (Å²) in [5.74, 6) is 0. The number of aromatic nitrogens is 1. The predicted octanol–water partition coefficient (Wildman–Crippen LogP) is 2.21. The Labute approximate surface area is 73.5 Å². The summed E-state index contributed by atoms with van der Waals surface area (Å²) in [6, 6.07) is 0. The van der Waals surface area contributed by atoms with Crippen molar-refractivity contribution in [1.29, 1.82) is 0 Å². The Morgan fingerprint density at radius 1 is 1.58 bits per heavy atom. The molecule has 0 fully saturated rings. The molecule has 2 heteroatoms. The minimum absolute atomic E-state index is 1.09. The largest absolute Gasteiger partial charge is 0.405 e. The average Bonchev–Trinajstić information content (AvgIpc) is 2.37. The quantitative estimate of drug-likeness (QED) is 0.706. The molecule has 0 aliphatic heterocycles. The Balaban J connectivity index is 2.95. The van der Waals surface area contributed by atoms with Gasteiger partial charge < -0.3 is 10.7 Å². The number of hydrogen-bond acceptors (Lipinski definition) is 1. The lowest BCUT2D eigenvalue weighted by Crippen LogP contribution is -1.87. The maximum Gasteiger partial charge on any atom is 0.0223 e. The third-order valence-corrected chi connectivity index (χ3v) is 1.98. The van der Waals surface area contributed by atoms with Crippen molar-refractivity contribution >= 4 is 6.08 Å². The molecule has 0 aliphatic rings. The van der Waals surface area contributed by atoms with Crippen LogP contribution in [-0.2, 0) is 6.42 Å². The molecule has 0 amide bonds. The Hall–Kier alpha value is -1.18. The molecule has 0 bridgehead atoms. The summed E-state index contributed by atoms with van der Waals surface area (Å²) in [5, 5.41) is 0. The van der Waals surface area contributed by atoms with Gasteiger partial charge in [-0.05, 0) is 36.7 Å². The van der Waals surface area contributed by atoms with Gasteiger partial charge in [-0.25, -0.2) is 0 Å². The zero-order valence-electron chi connectivity index (χ0n) is 7.72. The van der Waals surface area contributed by atoms with E-state index >= 15 is 0 Å². The summed E-state index contributed by atoms with van der Waals surface area (Å²) >= 11 is 0. The van der Waals surface area contributed by atoms with Crippen LogP contribution < -0.4 is 5.73 Å². The van der Waals surface area contributed by atoms with Gasteiger partial charge in [0, 0.05) is 11.9 Å². The van der Waals surface area contributed by atoms with Crippen molar-refractivity contribution in [2.75, 3.05) is 0 Å². The molecule has 0 spiro atoms. The van der Waals surface area contributed by atoms with Gasteiger partial charge in [0.15, 0.2) is 0 Å². The first-order chi connectivity index (χ1) is 5.79. The van der Waals surface area contributed by atoms with Crippen LogP contribution in [0.15, 0.2) is 12.4 Å². The topological polar surface area (TPSA) is 41.8 Å². The van der Waals surface area contributed by atoms with Gasteiger partial charge in [0.05, 0.1) is 0 Å². The highest BCUT2D eigenvalue weighted by atomic mass is 14.7. The molecule has 0 saturated heterocycles. The number of H-pyrrole nitrogens is 1. The Morgan fingerprint density at radius 3 is 2.92 bits per heavy atom. The first-order valence-electron chi connectivity index (χ1n) is 4.34. The van der Waals surface area contributed by atoms with Crippen molar-refractivity contribution in [3.05, 3.63) is 29.2 Å². The molecule has 1 aromatic rings. The van der Waals surface area contributed by atoms with Gasteiger partial charge in [0.1, 0.15) is 0 Å². The molecular weight excluding hydrogens is 148 g/mol. The highest BCUT2D eigenvalue weighted by Crippen LogP contribution is 2.15. The molecule has 0 unspecified atom stereocenters. The minimum atomic E-state index is 1.09. The molecule has 1 heterocycles. The van der Waals surface area contributed by atoms with Crippen molar-refractivity contribution in [2.24, 2.45) is 5.73 Å². The summed E-state index contributed by atoms with van der Waals surface area (Å²) in [6.45, 7) is 4.26. The number of aromatic amines is 1.